The Morgan fingerprint density at radius 3 is 2.24 bits per heavy atom. The van der Waals surface area contributed by atoms with Crippen molar-refractivity contribution in [1.29, 1.82) is 0 Å². The van der Waals surface area contributed by atoms with Crippen LogP contribution in [0.3, 0.4) is 0 Å². The van der Waals surface area contributed by atoms with E-state index in [-0.39, 0.29) is 11.4 Å². The molecule has 4 nitrogen and oxygen atoms in total. The number of rotatable bonds is 3. The van der Waals surface area contributed by atoms with Crippen molar-refractivity contribution >= 4 is 28.9 Å². The van der Waals surface area contributed by atoms with Crippen LogP contribution < -0.4 is 10.6 Å². The van der Waals surface area contributed by atoms with Crippen LogP contribution in [0.1, 0.15) is 68.6 Å². The number of thiocarbonyl (C=S) groups is 1. The topological polar surface area (TPSA) is 44.4 Å². The molecular weight excluding hydrogens is 330 g/mol. The number of nitrogens with zero attached hydrogens (tertiary/aromatic N) is 1. The zero-order valence-electron chi connectivity index (χ0n) is 15.1. The van der Waals surface area contributed by atoms with Gasteiger partial charge in [-0.3, -0.25) is 4.79 Å². The van der Waals surface area contributed by atoms with Crippen LogP contribution in [0.2, 0.25) is 0 Å². The maximum Gasteiger partial charge on any atom is 0.253 e. The average Bonchev–Trinajstić information content (AvgIpc) is 2.62. The van der Waals surface area contributed by atoms with Gasteiger partial charge >= 0.3 is 0 Å². The molecule has 2 fully saturated rings. The molecule has 136 valence electrons. The van der Waals surface area contributed by atoms with Gasteiger partial charge in [0, 0.05) is 29.9 Å². The Morgan fingerprint density at radius 1 is 1.00 bits per heavy atom. The van der Waals surface area contributed by atoms with Gasteiger partial charge in [-0.15, -0.1) is 0 Å². The lowest BCUT2D eigenvalue weighted by molar-refractivity contribution is 0.0724. The fourth-order valence-corrected chi connectivity index (χ4v) is 4.23. The molecule has 25 heavy (non-hydrogen) atoms. The van der Waals surface area contributed by atoms with Crippen LogP contribution in [-0.4, -0.2) is 34.5 Å². The molecule has 0 radical (unpaired) electrons. The van der Waals surface area contributed by atoms with Gasteiger partial charge in [0.2, 0.25) is 0 Å². The van der Waals surface area contributed by atoms with Crippen LogP contribution in [0.4, 0.5) is 5.69 Å². The molecule has 1 saturated heterocycles. The summed E-state index contributed by atoms with van der Waals surface area (Å²) in [5.74, 6) is 0.140. The van der Waals surface area contributed by atoms with Gasteiger partial charge in [0.25, 0.3) is 5.91 Å². The Kier molecular flexibility index (Phi) is 5.94. The van der Waals surface area contributed by atoms with Crippen LogP contribution in [0.25, 0.3) is 0 Å². The summed E-state index contributed by atoms with van der Waals surface area (Å²) in [6, 6.07) is 7.66. The molecule has 1 aromatic carbocycles. The van der Waals surface area contributed by atoms with E-state index in [0.29, 0.717) is 5.11 Å². The highest BCUT2D eigenvalue weighted by atomic mass is 32.1. The number of carbonyl (C=O) groups excluding carboxylic acids is 1. The zero-order chi connectivity index (χ0) is 17.7. The highest BCUT2D eigenvalue weighted by Gasteiger charge is 2.27. The second-order valence-electron chi connectivity index (χ2n) is 7.63. The van der Waals surface area contributed by atoms with Crippen molar-refractivity contribution in [2.24, 2.45) is 0 Å². The van der Waals surface area contributed by atoms with Crippen molar-refractivity contribution < 1.29 is 4.79 Å². The van der Waals surface area contributed by atoms with Crippen molar-refractivity contribution in [3.63, 3.8) is 0 Å². The smallest absolute Gasteiger partial charge is 0.253 e. The van der Waals surface area contributed by atoms with E-state index in [1.165, 1.54) is 25.7 Å². The number of nitrogens with one attached hydrogen (secondary N) is 2. The minimum Gasteiger partial charge on any atom is -0.357 e. The quantitative estimate of drug-likeness (QED) is 0.789. The first kappa shape index (κ1) is 18.2. The summed E-state index contributed by atoms with van der Waals surface area (Å²) >= 11 is 5.48. The summed E-state index contributed by atoms with van der Waals surface area (Å²) in [6.07, 6.45) is 9.64. The number of amides is 1. The van der Waals surface area contributed by atoms with Crippen LogP contribution in [0, 0.1) is 0 Å². The first-order chi connectivity index (χ1) is 12.1. The second-order valence-corrected chi connectivity index (χ2v) is 8.04. The minimum absolute atomic E-state index is 0.104. The van der Waals surface area contributed by atoms with E-state index in [9.17, 15) is 4.79 Å². The molecule has 0 bridgehead atoms. The maximum absolute atomic E-state index is 12.5. The molecule has 1 heterocycles. The Bertz CT molecular complexity index is 602. The number of anilines is 1. The van der Waals surface area contributed by atoms with Crippen molar-refractivity contribution in [3.05, 3.63) is 29.8 Å². The predicted molar refractivity (Wildman–Crippen MR) is 107 cm³/mol. The maximum atomic E-state index is 12.5. The monoisotopic (exact) mass is 359 g/mol. The third kappa shape index (κ3) is 4.94. The molecule has 0 aromatic heterocycles. The van der Waals surface area contributed by atoms with Gasteiger partial charge < -0.3 is 15.5 Å². The normalized spacial score (nSPS) is 20.0. The number of hydrogen-bond acceptors (Lipinski definition) is 2. The van der Waals surface area contributed by atoms with Gasteiger partial charge in [0.15, 0.2) is 5.11 Å². The van der Waals surface area contributed by atoms with E-state index >= 15 is 0 Å². The van der Waals surface area contributed by atoms with Crippen LogP contribution in [-0.2, 0) is 0 Å². The van der Waals surface area contributed by atoms with Crippen LogP contribution >= 0.6 is 12.2 Å². The van der Waals surface area contributed by atoms with E-state index in [4.69, 9.17) is 12.2 Å². The molecule has 3 rings (SSSR count). The molecular formula is C20H29N3OS. The molecule has 0 spiro atoms. The fraction of sp³-hybridized carbons (Fsp3) is 0.600. The summed E-state index contributed by atoms with van der Waals surface area (Å²) in [7, 11) is 0. The van der Waals surface area contributed by atoms with Crippen molar-refractivity contribution in [2.45, 2.75) is 63.8 Å². The molecule has 0 atom stereocenters. The van der Waals surface area contributed by atoms with E-state index in [1.807, 2.05) is 29.2 Å². The van der Waals surface area contributed by atoms with E-state index < -0.39 is 0 Å². The van der Waals surface area contributed by atoms with Gasteiger partial charge in [-0.05, 0) is 75.5 Å². The van der Waals surface area contributed by atoms with Gasteiger partial charge in [0.05, 0.1) is 0 Å². The number of carbonyl (C=O) groups is 1. The molecule has 1 saturated carbocycles. The Hall–Kier alpha value is -1.62. The van der Waals surface area contributed by atoms with Gasteiger partial charge in [-0.2, -0.15) is 0 Å². The van der Waals surface area contributed by atoms with Crippen molar-refractivity contribution in [1.82, 2.24) is 10.2 Å². The SMILES string of the molecule is CC1(NC(=S)Nc2ccc(C(=O)N3CCCCC3)cc2)CCCCC1. The standard InChI is InChI=1S/C20H29N3OS/c1-20(12-4-2-5-13-20)22-19(25)21-17-10-8-16(9-11-17)18(24)23-14-6-3-7-15-23/h8-11H,2-7,12-15H2,1H3,(H2,21,22,25). The predicted octanol–water partition coefficient (Wildman–Crippen LogP) is 4.32. The minimum atomic E-state index is 0.104. The number of piperidine rings is 1. The first-order valence-electron chi connectivity index (χ1n) is 9.54. The molecule has 0 unspecified atom stereocenters. The molecule has 1 aliphatic heterocycles. The molecule has 2 N–H and O–H groups in total. The molecule has 2 aliphatic rings. The van der Waals surface area contributed by atoms with Crippen molar-refractivity contribution in [2.75, 3.05) is 18.4 Å². The van der Waals surface area contributed by atoms with Crippen LogP contribution in [0.15, 0.2) is 24.3 Å². The fourth-order valence-electron chi connectivity index (χ4n) is 3.87. The lowest BCUT2D eigenvalue weighted by Crippen LogP contribution is -2.48. The molecule has 1 amide bonds. The number of likely N-dealkylation sites (tertiary alicyclic amines) is 1. The van der Waals surface area contributed by atoms with E-state index in [0.717, 1.165) is 50.0 Å². The first-order valence-corrected chi connectivity index (χ1v) is 9.95. The molecule has 1 aliphatic carbocycles. The highest BCUT2D eigenvalue weighted by molar-refractivity contribution is 7.80. The van der Waals surface area contributed by atoms with Crippen molar-refractivity contribution in [3.8, 4) is 0 Å². The third-order valence-corrected chi connectivity index (χ3v) is 5.61. The molecule has 1 aromatic rings. The Balaban J connectivity index is 1.55. The second kappa shape index (κ2) is 8.17. The molecule has 5 heteroatoms. The Morgan fingerprint density at radius 2 is 1.60 bits per heavy atom. The number of hydrogen-bond donors (Lipinski definition) is 2. The summed E-state index contributed by atoms with van der Waals surface area (Å²) in [6.45, 7) is 4.01. The van der Waals surface area contributed by atoms with Crippen LogP contribution in [0.5, 0.6) is 0 Å². The summed E-state index contributed by atoms with van der Waals surface area (Å²) in [5, 5.41) is 7.40. The lowest BCUT2D eigenvalue weighted by atomic mass is 9.83. The zero-order valence-corrected chi connectivity index (χ0v) is 16.0. The number of benzene rings is 1. The summed E-state index contributed by atoms with van der Waals surface area (Å²) in [5.41, 5.74) is 1.78. The van der Waals surface area contributed by atoms with Gasteiger partial charge in [-0.1, -0.05) is 19.3 Å². The summed E-state index contributed by atoms with van der Waals surface area (Å²) < 4.78 is 0. The average molecular weight is 360 g/mol. The third-order valence-electron chi connectivity index (χ3n) is 5.41. The highest BCUT2D eigenvalue weighted by Crippen LogP contribution is 2.27. The van der Waals surface area contributed by atoms with Gasteiger partial charge in [-0.25, -0.2) is 0 Å². The van der Waals surface area contributed by atoms with E-state index in [1.54, 1.807) is 0 Å². The summed E-state index contributed by atoms with van der Waals surface area (Å²) in [4.78, 5) is 14.5. The largest absolute Gasteiger partial charge is 0.357 e. The van der Waals surface area contributed by atoms with E-state index in [2.05, 4.69) is 17.6 Å². The lowest BCUT2D eigenvalue weighted by Gasteiger charge is -2.35. The Labute approximate surface area is 156 Å². The van der Waals surface area contributed by atoms with Gasteiger partial charge in [0.1, 0.15) is 0 Å².